The highest BCUT2D eigenvalue weighted by Gasteiger charge is 2.45. The number of nitrogens with one attached hydrogen (secondary N) is 2. The summed E-state index contributed by atoms with van der Waals surface area (Å²) >= 11 is 0. The molecule has 4 N–H and O–H groups in total. The van der Waals surface area contributed by atoms with E-state index in [0.717, 1.165) is 6.07 Å². The molecule has 4 aliphatic heterocycles. The number of rotatable bonds is 9. The topological polar surface area (TPSA) is 233 Å². The van der Waals surface area contributed by atoms with E-state index in [2.05, 4.69) is 20.2 Å². The molecular formula is C34H38N8O10S2. The number of hydrogen-bond acceptors (Lipinski definition) is 14. The van der Waals surface area contributed by atoms with Gasteiger partial charge < -0.3 is 35.1 Å². The summed E-state index contributed by atoms with van der Waals surface area (Å²) in [5.74, 6) is -0.723. The summed E-state index contributed by atoms with van der Waals surface area (Å²) in [5.41, 5.74) is 6.18. The van der Waals surface area contributed by atoms with Gasteiger partial charge in [-0.1, -0.05) is 6.07 Å². The first-order valence-electron chi connectivity index (χ1n) is 17.4. The number of sulfone groups is 1. The van der Waals surface area contributed by atoms with Crippen molar-refractivity contribution in [2.75, 3.05) is 62.8 Å². The number of ether oxygens (including phenoxy) is 3. The molecule has 18 nitrogen and oxygen atoms in total. The highest BCUT2D eigenvalue weighted by atomic mass is 32.2. The number of nitro benzene ring substituents is 1. The molecule has 0 bridgehead atoms. The number of aromatic nitrogens is 2. The molecule has 0 unspecified atom stereocenters. The number of nitrogens with two attached hydrogens (primary N) is 1. The summed E-state index contributed by atoms with van der Waals surface area (Å²) in [6, 6.07) is 8.92. The quantitative estimate of drug-likeness (QED) is 0.163. The Kier molecular flexibility index (Phi) is 8.91. The maximum Gasteiger partial charge on any atom is 0.297 e. The number of piperazine rings is 1. The standard InChI is InChI=1S/C34H38N8O10S2/c1-19(2)54(48,49)40-10-8-39(9-11-40)15-21-16-51-27-14-22(13-24(42(44)45)30(27)37-21)53(46,47)29-5-3-4-23(32(35)43)31(29)41-25-12-20-6-7-36-33(20)38-34(25)52-28-18-50-17-26(28)41/h3-7,12-14,19,21,26,28,37H,8-11,15-18H2,1-2H3,(H2,35,43)(H,36,38)/t21-,26-,28-/m1/s1. The summed E-state index contributed by atoms with van der Waals surface area (Å²) in [4.78, 5) is 35.5. The number of primary amides is 1. The van der Waals surface area contributed by atoms with Crippen LogP contribution in [0.1, 0.15) is 24.2 Å². The van der Waals surface area contributed by atoms with Crippen molar-refractivity contribution in [3.05, 3.63) is 64.3 Å². The number of para-hydroxylation sites is 1. The number of benzene rings is 2. The molecule has 2 aromatic heterocycles. The minimum absolute atomic E-state index is 0.0250. The van der Waals surface area contributed by atoms with Gasteiger partial charge in [0.15, 0.2) is 11.4 Å². The monoisotopic (exact) mass is 782 g/mol. The number of amides is 1. The van der Waals surface area contributed by atoms with Crippen LogP contribution >= 0.6 is 0 Å². The molecule has 0 saturated carbocycles. The second-order valence-corrected chi connectivity index (χ2v) is 18.3. The first kappa shape index (κ1) is 36.0. The van der Waals surface area contributed by atoms with Crippen molar-refractivity contribution in [2.45, 2.75) is 47.1 Å². The fraction of sp³-hybridized carbons (Fsp3) is 0.412. The van der Waals surface area contributed by atoms with Crippen LogP contribution in [0.25, 0.3) is 11.0 Å². The number of anilines is 3. The SMILES string of the molecule is CC(C)S(=O)(=O)N1CCN(C[C@@H]2COc3cc(S(=O)(=O)c4cccc(C(N)=O)c4N4c5cc6cc[nH]c6nc5O[C@@H]5COC[C@H]54)cc([N+](=O)[O-])c3N2)CC1. The zero-order valence-corrected chi connectivity index (χ0v) is 30.9. The second-order valence-electron chi connectivity index (χ2n) is 13.9. The minimum atomic E-state index is -4.62. The van der Waals surface area contributed by atoms with Gasteiger partial charge in [-0.3, -0.25) is 19.8 Å². The van der Waals surface area contributed by atoms with Gasteiger partial charge >= 0.3 is 0 Å². The molecule has 3 atom stereocenters. The number of carbonyl (C=O) groups is 1. The average Bonchev–Trinajstić information content (AvgIpc) is 3.81. The lowest BCUT2D eigenvalue weighted by Gasteiger charge is -2.40. The third-order valence-corrected chi connectivity index (χ3v) is 14.3. The average molecular weight is 783 g/mol. The van der Waals surface area contributed by atoms with Gasteiger partial charge in [-0.2, -0.15) is 9.29 Å². The maximum absolute atomic E-state index is 14.8. The Hall–Kier alpha value is -5.02. The molecule has 2 aromatic carbocycles. The second kappa shape index (κ2) is 13.4. The van der Waals surface area contributed by atoms with Gasteiger partial charge in [0.1, 0.15) is 24.0 Å². The normalized spacial score (nSPS) is 21.8. The molecular weight excluding hydrogens is 745 g/mol. The van der Waals surface area contributed by atoms with Gasteiger partial charge in [0.05, 0.1) is 56.5 Å². The van der Waals surface area contributed by atoms with Crippen molar-refractivity contribution in [1.29, 1.82) is 0 Å². The Morgan fingerprint density at radius 3 is 2.57 bits per heavy atom. The van der Waals surface area contributed by atoms with E-state index >= 15 is 0 Å². The van der Waals surface area contributed by atoms with Gasteiger partial charge in [0, 0.05) is 56.4 Å². The molecule has 0 radical (unpaired) electrons. The molecule has 2 saturated heterocycles. The van der Waals surface area contributed by atoms with Crippen LogP contribution in [-0.4, -0.2) is 123 Å². The largest absolute Gasteiger partial charge is 0.489 e. The van der Waals surface area contributed by atoms with E-state index < -0.39 is 64.7 Å². The van der Waals surface area contributed by atoms with Gasteiger partial charge in [-0.15, -0.1) is 0 Å². The number of aromatic amines is 1. The molecule has 0 aliphatic carbocycles. The molecule has 6 heterocycles. The predicted octanol–water partition coefficient (Wildman–Crippen LogP) is 2.23. The Balaban J connectivity index is 1.15. The zero-order valence-electron chi connectivity index (χ0n) is 29.3. The number of nitro groups is 1. The summed E-state index contributed by atoms with van der Waals surface area (Å²) < 4.78 is 74.2. The first-order chi connectivity index (χ1) is 25.7. The summed E-state index contributed by atoms with van der Waals surface area (Å²) in [6.07, 6.45) is 1.14. The van der Waals surface area contributed by atoms with E-state index in [0.29, 0.717) is 49.4 Å². The zero-order chi connectivity index (χ0) is 38.1. The lowest BCUT2D eigenvalue weighted by atomic mass is 10.0. The van der Waals surface area contributed by atoms with Crippen LogP contribution in [0, 0.1) is 10.1 Å². The number of pyridine rings is 1. The molecule has 4 aromatic rings. The van der Waals surface area contributed by atoms with E-state index in [1.165, 1.54) is 28.6 Å². The van der Waals surface area contributed by atoms with E-state index in [1.54, 1.807) is 37.1 Å². The first-order valence-corrected chi connectivity index (χ1v) is 20.4. The van der Waals surface area contributed by atoms with Gasteiger partial charge in [-0.05, 0) is 38.1 Å². The third-order valence-electron chi connectivity index (χ3n) is 10.2. The summed E-state index contributed by atoms with van der Waals surface area (Å²) in [5, 5.41) is 15.9. The minimum Gasteiger partial charge on any atom is -0.489 e. The summed E-state index contributed by atoms with van der Waals surface area (Å²) in [7, 11) is -8.00. The van der Waals surface area contributed by atoms with E-state index in [1.807, 2.05) is 0 Å². The van der Waals surface area contributed by atoms with Crippen molar-refractivity contribution < 1.29 is 40.8 Å². The fourth-order valence-corrected chi connectivity index (χ4v) is 10.2. The van der Waals surface area contributed by atoms with Crippen molar-refractivity contribution >= 4 is 59.6 Å². The van der Waals surface area contributed by atoms with Crippen LogP contribution in [0.4, 0.5) is 22.7 Å². The third kappa shape index (κ3) is 6.06. The van der Waals surface area contributed by atoms with E-state index in [4.69, 9.17) is 19.9 Å². The number of carbonyl (C=O) groups excluding carboxylic acids is 1. The van der Waals surface area contributed by atoms with Crippen molar-refractivity contribution in [3.8, 4) is 11.6 Å². The van der Waals surface area contributed by atoms with Crippen LogP contribution in [0.15, 0.2) is 58.5 Å². The number of sulfonamides is 1. The molecule has 20 heteroatoms. The molecule has 8 rings (SSSR count). The molecule has 1 amide bonds. The molecule has 4 aliphatic rings. The Morgan fingerprint density at radius 2 is 1.85 bits per heavy atom. The van der Waals surface area contributed by atoms with Crippen LogP contribution in [0.3, 0.4) is 0 Å². The maximum atomic E-state index is 14.8. The smallest absolute Gasteiger partial charge is 0.297 e. The molecule has 286 valence electrons. The Labute approximate surface area is 310 Å². The molecule has 0 spiro atoms. The highest BCUT2D eigenvalue weighted by molar-refractivity contribution is 7.91. The van der Waals surface area contributed by atoms with E-state index in [9.17, 15) is 31.7 Å². The lowest BCUT2D eigenvalue weighted by Crippen LogP contribution is -2.53. The van der Waals surface area contributed by atoms with Crippen LogP contribution in [0.5, 0.6) is 11.6 Å². The Morgan fingerprint density at radius 1 is 1.07 bits per heavy atom. The van der Waals surface area contributed by atoms with Gasteiger partial charge in [0.2, 0.25) is 25.7 Å². The molecule has 2 fully saturated rings. The van der Waals surface area contributed by atoms with Gasteiger partial charge in [-0.25, -0.2) is 16.8 Å². The highest BCUT2D eigenvalue weighted by Crippen LogP contribution is 2.48. The number of fused-ring (bicyclic) bond motifs is 4. The predicted molar refractivity (Wildman–Crippen MR) is 196 cm³/mol. The Bertz CT molecular complexity index is 2400. The summed E-state index contributed by atoms with van der Waals surface area (Å²) in [6.45, 7) is 5.66. The van der Waals surface area contributed by atoms with Crippen LogP contribution in [-0.2, 0) is 24.6 Å². The van der Waals surface area contributed by atoms with Gasteiger partial charge in [0.25, 0.3) is 11.6 Å². The fourth-order valence-electron chi connectivity index (χ4n) is 7.46. The van der Waals surface area contributed by atoms with Crippen molar-refractivity contribution in [3.63, 3.8) is 0 Å². The lowest BCUT2D eigenvalue weighted by molar-refractivity contribution is -0.384. The van der Waals surface area contributed by atoms with Crippen molar-refractivity contribution in [2.24, 2.45) is 5.73 Å². The van der Waals surface area contributed by atoms with E-state index in [-0.39, 0.29) is 53.3 Å². The van der Waals surface area contributed by atoms with Crippen molar-refractivity contribution in [1.82, 2.24) is 19.2 Å². The number of hydrogen-bond donors (Lipinski definition) is 3. The van der Waals surface area contributed by atoms with Crippen LogP contribution < -0.4 is 25.4 Å². The molecule has 54 heavy (non-hydrogen) atoms. The number of H-pyrrole nitrogens is 1. The van der Waals surface area contributed by atoms with Crippen LogP contribution in [0.2, 0.25) is 0 Å². The number of nitrogens with zero attached hydrogens (tertiary/aromatic N) is 5.